The molecule has 2 unspecified atom stereocenters. The van der Waals surface area contributed by atoms with Crippen molar-refractivity contribution in [1.29, 1.82) is 0 Å². The van der Waals surface area contributed by atoms with E-state index >= 15 is 0 Å². The lowest BCUT2D eigenvalue weighted by molar-refractivity contribution is -0.0498. The zero-order valence-corrected chi connectivity index (χ0v) is 14.5. The minimum absolute atomic E-state index is 0.0403. The summed E-state index contributed by atoms with van der Waals surface area (Å²) in [5.41, 5.74) is 1.07. The first-order valence-corrected chi connectivity index (χ1v) is 8.38. The number of halogens is 1. The number of morpholine rings is 1. The fraction of sp³-hybridized carbons (Fsp3) is 0.353. The summed E-state index contributed by atoms with van der Waals surface area (Å²) < 4.78 is 12.2. The molecule has 1 N–H and O–H groups in total. The van der Waals surface area contributed by atoms with Crippen LogP contribution in [0.1, 0.15) is 24.4 Å². The number of carbonyl (C=O) groups is 1. The van der Waals surface area contributed by atoms with Gasteiger partial charge in [-0.1, -0.05) is 28.1 Å². The van der Waals surface area contributed by atoms with E-state index in [1.54, 1.807) is 6.26 Å². The molecular formula is C17H19BrN2O3. The number of benzene rings is 1. The van der Waals surface area contributed by atoms with Gasteiger partial charge in [-0.25, -0.2) is 4.79 Å². The number of hydrogen-bond acceptors (Lipinski definition) is 3. The normalized spacial score (nSPS) is 21.2. The smallest absolute Gasteiger partial charge is 0.318 e. The molecule has 1 saturated heterocycles. The number of urea groups is 1. The lowest BCUT2D eigenvalue weighted by atomic mass is 10.0. The largest absolute Gasteiger partial charge is 0.467 e. The Bertz CT molecular complexity index is 642. The Kier molecular flexibility index (Phi) is 5.03. The second kappa shape index (κ2) is 7.19. The number of hydrogen-bond donors (Lipinski definition) is 1. The van der Waals surface area contributed by atoms with Gasteiger partial charge in [0.15, 0.2) is 0 Å². The predicted octanol–water partition coefficient (Wildman–Crippen LogP) is 3.71. The third-order valence-corrected chi connectivity index (χ3v) is 4.54. The summed E-state index contributed by atoms with van der Waals surface area (Å²) >= 11 is 3.43. The Morgan fingerprint density at radius 3 is 2.83 bits per heavy atom. The predicted molar refractivity (Wildman–Crippen MR) is 89.9 cm³/mol. The van der Waals surface area contributed by atoms with Crippen LogP contribution in [0.2, 0.25) is 0 Å². The van der Waals surface area contributed by atoms with Crippen LogP contribution in [0, 0.1) is 0 Å². The van der Waals surface area contributed by atoms with Crippen LogP contribution < -0.4 is 5.32 Å². The maximum atomic E-state index is 12.4. The molecule has 0 saturated carbocycles. The van der Waals surface area contributed by atoms with E-state index in [9.17, 15) is 4.79 Å². The van der Waals surface area contributed by atoms with E-state index < -0.39 is 0 Å². The summed E-state index contributed by atoms with van der Waals surface area (Å²) in [6.45, 7) is 3.51. The fourth-order valence-electron chi connectivity index (χ4n) is 2.78. The maximum absolute atomic E-state index is 12.4. The van der Waals surface area contributed by atoms with Crippen LogP contribution in [0.15, 0.2) is 51.6 Å². The van der Waals surface area contributed by atoms with Gasteiger partial charge in [-0.2, -0.15) is 0 Å². The molecule has 2 amide bonds. The third kappa shape index (κ3) is 3.76. The van der Waals surface area contributed by atoms with Crippen molar-refractivity contribution in [2.45, 2.75) is 25.6 Å². The van der Waals surface area contributed by atoms with Crippen molar-refractivity contribution in [3.05, 3.63) is 58.5 Å². The Morgan fingerprint density at radius 1 is 1.35 bits per heavy atom. The molecule has 2 heterocycles. The van der Waals surface area contributed by atoms with E-state index in [2.05, 4.69) is 21.2 Å². The molecular weight excluding hydrogens is 360 g/mol. The molecule has 6 heteroatoms. The van der Waals surface area contributed by atoms with Gasteiger partial charge in [0.25, 0.3) is 0 Å². The van der Waals surface area contributed by atoms with Gasteiger partial charge in [0.2, 0.25) is 0 Å². The molecule has 122 valence electrons. The van der Waals surface area contributed by atoms with Gasteiger partial charge in [-0.05, 0) is 36.8 Å². The van der Waals surface area contributed by atoms with Gasteiger partial charge < -0.3 is 19.4 Å². The van der Waals surface area contributed by atoms with E-state index in [0.717, 1.165) is 15.8 Å². The van der Waals surface area contributed by atoms with Crippen molar-refractivity contribution in [3.63, 3.8) is 0 Å². The summed E-state index contributed by atoms with van der Waals surface area (Å²) in [5, 5.41) is 2.90. The molecule has 0 radical (unpaired) electrons. The number of nitrogens with zero attached hydrogens (tertiary/aromatic N) is 1. The van der Waals surface area contributed by atoms with Crippen molar-refractivity contribution < 1.29 is 13.9 Å². The van der Waals surface area contributed by atoms with Crippen LogP contribution >= 0.6 is 15.9 Å². The minimum atomic E-state index is -0.119. The highest BCUT2D eigenvalue weighted by Gasteiger charge is 2.32. The highest BCUT2D eigenvalue weighted by Crippen LogP contribution is 2.29. The lowest BCUT2D eigenvalue weighted by Crippen LogP contribution is -2.52. The highest BCUT2D eigenvalue weighted by molar-refractivity contribution is 9.10. The number of furan rings is 1. The fourth-order valence-corrected chi connectivity index (χ4v) is 3.04. The Balaban J connectivity index is 1.65. The summed E-state index contributed by atoms with van der Waals surface area (Å²) in [7, 11) is 0. The molecule has 1 aromatic heterocycles. The summed E-state index contributed by atoms with van der Waals surface area (Å²) in [6.07, 6.45) is 1.48. The zero-order chi connectivity index (χ0) is 16.2. The number of nitrogens with one attached hydrogen (secondary N) is 1. The number of rotatable bonds is 3. The van der Waals surface area contributed by atoms with Gasteiger partial charge in [-0.15, -0.1) is 0 Å². The number of ether oxygens (including phenoxy) is 1. The first-order valence-electron chi connectivity index (χ1n) is 7.59. The first kappa shape index (κ1) is 16.1. The lowest BCUT2D eigenvalue weighted by Gasteiger charge is -2.39. The average Bonchev–Trinajstić information content (AvgIpc) is 3.07. The molecule has 0 aliphatic carbocycles. The van der Waals surface area contributed by atoms with Crippen molar-refractivity contribution in [2.24, 2.45) is 0 Å². The van der Waals surface area contributed by atoms with E-state index in [1.807, 2.05) is 48.2 Å². The van der Waals surface area contributed by atoms with Crippen molar-refractivity contribution >= 4 is 22.0 Å². The number of carbonyl (C=O) groups excluding carboxylic acids is 1. The van der Waals surface area contributed by atoms with E-state index in [4.69, 9.17) is 9.15 Å². The molecule has 2 atom stereocenters. The molecule has 23 heavy (non-hydrogen) atoms. The Labute approximate surface area is 143 Å². The van der Waals surface area contributed by atoms with Gasteiger partial charge in [0, 0.05) is 11.0 Å². The van der Waals surface area contributed by atoms with Crippen molar-refractivity contribution in [3.8, 4) is 0 Å². The molecule has 1 fully saturated rings. The van der Waals surface area contributed by atoms with Gasteiger partial charge in [0.05, 0.1) is 25.5 Å². The minimum Gasteiger partial charge on any atom is -0.467 e. The van der Waals surface area contributed by atoms with Crippen LogP contribution in [-0.4, -0.2) is 30.1 Å². The maximum Gasteiger partial charge on any atom is 0.318 e. The molecule has 0 bridgehead atoms. The van der Waals surface area contributed by atoms with Crippen LogP contribution in [0.3, 0.4) is 0 Å². The monoisotopic (exact) mass is 378 g/mol. The second-order valence-electron chi connectivity index (χ2n) is 5.52. The molecule has 1 aliphatic rings. The zero-order valence-electron chi connectivity index (χ0n) is 12.9. The second-order valence-corrected chi connectivity index (χ2v) is 6.43. The summed E-state index contributed by atoms with van der Waals surface area (Å²) in [5.74, 6) is 0.740. The molecule has 1 aliphatic heterocycles. The average molecular weight is 379 g/mol. The first-order chi connectivity index (χ1) is 11.1. The van der Waals surface area contributed by atoms with Crippen LogP contribution in [0.4, 0.5) is 4.79 Å². The SMILES string of the molecule is CC1C(c2ccc(Br)cc2)OCCN1C(=O)NCc1ccco1. The third-order valence-electron chi connectivity index (χ3n) is 4.01. The topological polar surface area (TPSA) is 54.7 Å². The quantitative estimate of drug-likeness (QED) is 0.885. The van der Waals surface area contributed by atoms with E-state index in [0.29, 0.717) is 19.7 Å². The summed E-state index contributed by atoms with van der Waals surface area (Å²) in [6, 6.07) is 11.5. The van der Waals surface area contributed by atoms with Crippen LogP contribution in [-0.2, 0) is 11.3 Å². The van der Waals surface area contributed by atoms with Crippen molar-refractivity contribution in [1.82, 2.24) is 10.2 Å². The molecule has 5 nitrogen and oxygen atoms in total. The molecule has 1 aromatic carbocycles. The standard InChI is InChI=1S/C17H19BrN2O3/c1-12-16(13-4-6-14(18)7-5-13)23-10-8-20(12)17(21)19-11-15-3-2-9-22-15/h2-7,9,12,16H,8,10-11H2,1H3,(H,19,21). The molecule has 0 spiro atoms. The van der Waals surface area contributed by atoms with Gasteiger partial charge >= 0.3 is 6.03 Å². The Hall–Kier alpha value is -1.79. The number of amides is 2. The molecule has 2 aromatic rings. The van der Waals surface area contributed by atoms with Crippen molar-refractivity contribution in [2.75, 3.05) is 13.2 Å². The Morgan fingerprint density at radius 2 is 2.13 bits per heavy atom. The van der Waals surface area contributed by atoms with Gasteiger partial charge in [0.1, 0.15) is 11.9 Å². The van der Waals surface area contributed by atoms with E-state index in [1.165, 1.54) is 0 Å². The molecule has 3 rings (SSSR count). The van der Waals surface area contributed by atoms with Crippen LogP contribution in [0.5, 0.6) is 0 Å². The summed E-state index contributed by atoms with van der Waals surface area (Å²) in [4.78, 5) is 14.3. The highest BCUT2D eigenvalue weighted by atomic mass is 79.9. The van der Waals surface area contributed by atoms with Gasteiger partial charge in [-0.3, -0.25) is 0 Å². The van der Waals surface area contributed by atoms with Crippen LogP contribution in [0.25, 0.3) is 0 Å². The van der Waals surface area contributed by atoms with E-state index in [-0.39, 0.29) is 18.2 Å².